The summed E-state index contributed by atoms with van der Waals surface area (Å²) in [5.74, 6) is 1.01. The second kappa shape index (κ2) is 11.8. The first-order valence-electron chi connectivity index (χ1n) is 13.0. The van der Waals surface area contributed by atoms with E-state index in [2.05, 4.69) is 83.2 Å². The van der Waals surface area contributed by atoms with Crippen LogP contribution in [0.15, 0.2) is 77.2 Å². The van der Waals surface area contributed by atoms with Gasteiger partial charge < -0.3 is 20.6 Å². The molecule has 1 aliphatic carbocycles. The number of carbonyl (C=O) groups is 1. The van der Waals surface area contributed by atoms with Gasteiger partial charge in [-0.2, -0.15) is 0 Å². The highest BCUT2D eigenvalue weighted by Gasteiger charge is 2.38. The third-order valence-corrected chi connectivity index (χ3v) is 7.16. The van der Waals surface area contributed by atoms with Crippen LogP contribution in [0.25, 0.3) is 0 Å². The van der Waals surface area contributed by atoms with Crippen LogP contribution in [0.1, 0.15) is 26.7 Å². The molecule has 4 aliphatic rings. The van der Waals surface area contributed by atoms with Crippen LogP contribution in [0, 0.1) is 5.92 Å². The van der Waals surface area contributed by atoms with Crippen LogP contribution >= 0.6 is 0 Å². The Morgan fingerprint density at radius 3 is 2.89 bits per heavy atom. The Kier molecular flexibility index (Phi) is 8.48. The van der Waals surface area contributed by atoms with Crippen LogP contribution in [0.3, 0.4) is 0 Å². The van der Waals surface area contributed by atoms with E-state index < -0.39 is 0 Å². The van der Waals surface area contributed by atoms with E-state index in [1.807, 2.05) is 6.08 Å². The SMILES string of the molecule is C=C(O)/C=C\C=C/CCN1CCN2CC3N=C(NC(C(C)C)C(=O)NC2C1)C1=CCC=CC=C1N3C. The maximum absolute atomic E-state index is 13.5. The lowest BCUT2D eigenvalue weighted by Crippen LogP contribution is -2.66. The minimum Gasteiger partial charge on any atom is -0.509 e. The van der Waals surface area contributed by atoms with Gasteiger partial charge in [0.1, 0.15) is 23.8 Å². The molecule has 3 heterocycles. The Morgan fingerprint density at radius 1 is 1.28 bits per heavy atom. The summed E-state index contributed by atoms with van der Waals surface area (Å²) in [6.07, 6.45) is 17.6. The van der Waals surface area contributed by atoms with Crippen molar-refractivity contribution in [2.75, 3.05) is 39.8 Å². The molecule has 194 valence electrons. The molecule has 0 aromatic carbocycles. The van der Waals surface area contributed by atoms with E-state index in [9.17, 15) is 4.79 Å². The van der Waals surface area contributed by atoms with Gasteiger partial charge in [-0.25, -0.2) is 4.99 Å². The first-order chi connectivity index (χ1) is 17.3. The highest BCUT2D eigenvalue weighted by molar-refractivity contribution is 6.05. The van der Waals surface area contributed by atoms with Crippen LogP contribution < -0.4 is 10.6 Å². The van der Waals surface area contributed by atoms with Crippen LogP contribution in [-0.2, 0) is 4.79 Å². The van der Waals surface area contributed by atoms with Crippen molar-refractivity contribution in [2.24, 2.45) is 10.9 Å². The van der Waals surface area contributed by atoms with Crippen molar-refractivity contribution < 1.29 is 9.90 Å². The minimum atomic E-state index is -0.363. The zero-order chi connectivity index (χ0) is 25.7. The van der Waals surface area contributed by atoms with Gasteiger partial charge in [-0.1, -0.05) is 56.9 Å². The van der Waals surface area contributed by atoms with Gasteiger partial charge in [0.2, 0.25) is 5.91 Å². The molecule has 8 nitrogen and oxygen atoms in total. The molecule has 1 saturated heterocycles. The molecule has 3 atom stereocenters. The summed E-state index contributed by atoms with van der Waals surface area (Å²) in [6, 6.07) is -0.363. The number of likely N-dealkylation sites (N-methyl/N-ethyl adjacent to an activating group) is 1. The molecule has 4 rings (SSSR count). The van der Waals surface area contributed by atoms with E-state index in [0.717, 1.165) is 62.7 Å². The van der Waals surface area contributed by atoms with Gasteiger partial charge in [-0.3, -0.25) is 14.6 Å². The lowest BCUT2D eigenvalue weighted by Gasteiger charge is -2.46. The number of aliphatic hydroxyl groups is 1. The van der Waals surface area contributed by atoms with Gasteiger partial charge in [-0.15, -0.1) is 0 Å². The lowest BCUT2D eigenvalue weighted by atomic mass is 9.99. The normalized spacial score (nSPS) is 27.6. The van der Waals surface area contributed by atoms with Gasteiger partial charge in [-0.05, 0) is 30.9 Å². The van der Waals surface area contributed by atoms with Crippen molar-refractivity contribution in [3.8, 4) is 0 Å². The number of nitrogens with one attached hydrogen (secondary N) is 2. The third-order valence-electron chi connectivity index (χ3n) is 7.16. The molecule has 2 bridgehead atoms. The molecule has 0 saturated carbocycles. The van der Waals surface area contributed by atoms with Crippen LogP contribution in [0.5, 0.6) is 0 Å². The second-order valence-corrected chi connectivity index (χ2v) is 10.2. The Labute approximate surface area is 215 Å². The molecular formula is C28H40N6O2. The molecule has 3 unspecified atom stereocenters. The average Bonchev–Trinajstić information content (AvgIpc) is 3.09. The number of fused-ring (bicyclic) bond motifs is 4. The van der Waals surface area contributed by atoms with Crippen molar-refractivity contribution in [1.82, 2.24) is 25.3 Å². The molecule has 0 spiro atoms. The fraction of sp³-hybridized carbons (Fsp3) is 0.500. The molecule has 3 aliphatic heterocycles. The summed E-state index contributed by atoms with van der Waals surface area (Å²) in [7, 11) is 2.12. The average molecular weight is 493 g/mol. The van der Waals surface area contributed by atoms with E-state index in [4.69, 9.17) is 10.1 Å². The molecule has 0 radical (unpaired) electrons. The van der Waals surface area contributed by atoms with E-state index in [1.54, 1.807) is 12.2 Å². The van der Waals surface area contributed by atoms with Crippen molar-refractivity contribution in [3.05, 3.63) is 72.2 Å². The molecular weight excluding hydrogens is 452 g/mol. The van der Waals surface area contributed by atoms with Gasteiger partial charge in [0.15, 0.2) is 0 Å². The highest BCUT2D eigenvalue weighted by atomic mass is 16.3. The van der Waals surface area contributed by atoms with Crippen molar-refractivity contribution >= 4 is 11.7 Å². The number of carbonyl (C=O) groups excluding carboxylic acids is 1. The van der Waals surface area contributed by atoms with E-state index in [1.165, 1.54) is 0 Å². The fourth-order valence-corrected chi connectivity index (χ4v) is 5.07. The molecule has 3 N–H and O–H groups in total. The minimum absolute atomic E-state index is 0.0223. The number of hydrogen-bond donors (Lipinski definition) is 3. The van der Waals surface area contributed by atoms with Crippen LogP contribution in [-0.4, -0.2) is 89.7 Å². The first-order valence-corrected chi connectivity index (χ1v) is 13.0. The first kappa shape index (κ1) is 26.0. The topological polar surface area (TPSA) is 83.4 Å². The van der Waals surface area contributed by atoms with Crippen LogP contribution in [0.2, 0.25) is 0 Å². The summed E-state index contributed by atoms with van der Waals surface area (Å²) >= 11 is 0. The lowest BCUT2D eigenvalue weighted by molar-refractivity contribution is -0.127. The summed E-state index contributed by atoms with van der Waals surface area (Å²) in [6.45, 7) is 11.8. The summed E-state index contributed by atoms with van der Waals surface area (Å²) in [4.78, 5) is 25.7. The molecule has 0 aromatic heterocycles. The van der Waals surface area contributed by atoms with Crippen molar-refractivity contribution in [2.45, 2.75) is 45.1 Å². The summed E-state index contributed by atoms with van der Waals surface area (Å²) in [5.41, 5.74) is 2.22. The standard InChI is InChI=1S/C28H40N6O2/c1-20(2)26-28(36)30-25-18-33(15-11-6-5-8-12-21(3)35)16-17-34(25)19-24-29-27(31-26)22-13-9-7-10-14-23(22)32(24)4/h5-8,10,12-14,20,24-26,35H,3,9,11,15-19H2,1-2,4H3,(H,29,31)(H,30,36)/b6-5-,12-8-. The number of hydrogen-bond acceptors (Lipinski definition) is 7. The maximum Gasteiger partial charge on any atom is 0.244 e. The van der Waals surface area contributed by atoms with Gasteiger partial charge in [0, 0.05) is 51.0 Å². The number of aliphatic hydroxyl groups excluding tert-OH is 1. The number of aliphatic imine (C=N–C) groups is 1. The Hall–Kier alpha value is -3.10. The van der Waals surface area contributed by atoms with Gasteiger partial charge in [0.05, 0.1) is 6.17 Å². The number of rotatable bonds is 6. The van der Waals surface area contributed by atoms with Gasteiger partial charge in [0.25, 0.3) is 0 Å². The number of piperazine rings is 1. The predicted octanol–water partition coefficient (Wildman–Crippen LogP) is 2.69. The maximum atomic E-state index is 13.5. The second-order valence-electron chi connectivity index (χ2n) is 10.2. The van der Waals surface area contributed by atoms with E-state index in [0.29, 0.717) is 0 Å². The Balaban J connectivity index is 1.53. The largest absolute Gasteiger partial charge is 0.509 e. The highest BCUT2D eigenvalue weighted by Crippen LogP contribution is 2.28. The zero-order valence-electron chi connectivity index (χ0n) is 21.7. The number of allylic oxidation sites excluding steroid dienone is 7. The summed E-state index contributed by atoms with van der Waals surface area (Å²) < 4.78 is 0. The smallest absolute Gasteiger partial charge is 0.244 e. The van der Waals surface area contributed by atoms with Gasteiger partial charge >= 0.3 is 0 Å². The predicted molar refractivity (Wildman–Crippen MR) is 145 cm³/mol. The fourth-order valence-electron chi connectivity index (χ4n) is 5.07. The third kappa shape index (κ3) is 6.17. The zero-order valence-corrected chi connectivity index (χ0v) is 21.7. The number of nitrogens with zero attached hydrogens (tertiary/aromatic N) is 4. The molecule has 1 fully saturated rings. The summed E-state index contributed by atoms with van der Waals surface area (Å²) in [5, 5.41) is 16.0. The number of amides is 1. The van der Waals surface area contributed by atoms with Crippen molar-refractivity contribution in [1.29, 1.82) is 0 Å². The number of amidine groups is 1. The van der Waals surface area contributed by atoms with E-state index in [-0.39, 0.29) is 36.0 Å². The van der Waals surface area contributed by atoms with Crippen molar-refractivity contribution in [3.63, 3.8) is 0 Å². The van der Waals surface area contributed by atoms with E-state index >= 15 is 0 Å². The Bertz CT molecular complexity index is 1020. The molecule has 0 aromatic rings. The monoisotopic (exact) mass is 492 g/mol. The molecule has 36 heavy (non-hydrogen) atoms. The molecule has 8 heteroatoms. The Morgan fingerprint density at radius 2 is 2.11 bits per heavy atom. The quantitative estimate of drug-likeness (QED) is 0.391. The molecule has 1 amide bonds. The van der Waals surface area contributed by atoms with Crippen LogP contribution in [0.4, 0.5) is 0 Å².